The lowest BCUT2D eigenvalue weighted by atomic mass is 10.0. The van der Waals surface area contributed by atoms with Gasteiger partial charge in [0.25, 0.3) is 0 Å². The Labute approximate surface area is 116 Å². The average molecular weight is 269 g/mol. The molecule has 2 heterocycles. The van der Waals surface area contributed by atoms with E-state index in [9.17, 15) is 0 Å². The van der Waals surface area contributed by atoms with Gasteiger partial charge in [-0.05, 0) is 29.1 Å². The van der Waals surface area contributed by atoms with Crippen LogP contribution in [0.1, 0.15) is 16.5 Å². The Balaban J connectivity index is 1.92. The maximum absolute atomic E-state index is 5.70. The monoisotopic (exact) mass is 269 g/mol. The van der Waals surface area contributed by atoms with Crippen LogP contribution in [-0.2, 0) is 6.42 Å². The van der Waals surface area contributed by atoms with E-state index in [2.05, 4.69) is 52.2 Å². The lowest BCUT2D eigenvalue weighted by molar-refractivity contribution is 0.556. The Hall–Kier alpha value is -1.75. The molecule has 0 saturated heterocycles. The molecule has 4 heteroatoms. The third kappa shape index (κ3) is 2.66. The van der Waals surface area contributed by atoms with Crippen LogP contribution in [-0.4, -0.2) is 4.98 Å². The van der Waals surface area contributed by atoms with Crippen LogP contribution in [0.5, 0.6) is 0 Å². The molecule has 0 radical (unpaired) electrons. The van der Waals surface area contributed by atoms with Gasteiger partial charge < -0.3 is 0 Å². The molecule has 0 fully saturated rings. The molecule has 0 amide bonds. The molecule has 0 aliphatic carbocycles. The van der Waals surface area contributed by atoms with Crippen LogP contribution in [0.2, 0.25) is 0 Å². The third-order valence-corrected chi connectivity index (χ3v) is 4.12. The molecule has 3 N–H and O–H groups in total. The van der Waals surface area contributed by atoms with Crippen molar-refractivity contribution in [3.63, 3.8) is 0 Å². The Morgan fingerprint density at radius 2 is 2.16 bits per heavy atom. The smallest absolute Gasteiger partial charge is 0.0705 e. The first kappa shape index (κ1) is 12.3. The van der Waals surface area contributed by atoms with E-state index < -0.39 is 0 Å². The predicted octanol–water partition coefficient (Wildman–Crippen LogP) is 3.04. The summed E-state index contributed by atoms with van der Waals surface area (Å²) in [7, 11) is 0. The van der Waals surface area contributed by atoms with Crippen LogP contribution in [0.3, 0.4) is 0 Å². The Morgan fingerprint density at radius 3 is 2.95 bits per heavy atom. The van der Waals surface area contributed by atoms with Crippen molar-refractivity contribution in [3.05, 3.63) is 64.5 Å². The number of hydrazine groups is 1. The summed E-state index contributed by atoms with van der Waals surface area (Å²) >= 11 is 1.75. The first-order chi connectivity index (χ1) is 9.36. The van der Waals surface area contributed by atoms with Gasteiger partial charge in [-0.1, -0.05) is 24.3 Å². The summed E-state index contributed by atoms with van der Waals surface area (Å²) in [6, 6.07) is 14.6. The minimum absolute atomic E-state index is 0.116. The largest absolute Gasteiger partial charge is 0.271 e. The van der Waals surface area contributed by atoms with E-state index in [1.165, 1.54) is 10.4 Å². The first-order valence-electron chi connectivity index (χ1n) is 6.20. The number of hydrogen-bond acceptors (Lipinski definition) is 4. The van der Waals surface area contributed by atoms with Gasteiger partial charge in [0.2, 0.25) is 0 Å². The SMILES string of the molecule is NNC(Cc1cccs1)c1ccc2cccnc2c1. The summed E-state index contributed by atoms with van der Waals surface area (Å²) in [5.41, 5.74) is 5.07. The van der Waals surface area contributed by atoms with E-state index in [1.807, 2.05) is 12.3 Å². The lowest BCUT2D eigenvalue weighted by Crippen LogP contribution is -2.29. The van der Waals surface area contributed by atoms with Gasteiger partial charge in [-0.3, -0.25) is 16.3 Å². The van der Waals surface area contributed by atoms with Gasteiger partial charge in [0, 0.05) is 22.9 Å². The minimum Gasteiger partial charge on any atom is -0.271 e. The maximum Gasteiger partial charge on any atom is 0.0705 e. The summed E-state index contributed by atoms with van der Waals surface area (Å²) in [6.45, 7) is 0. The number of pyridine rings is 1. The van der Waals surface area contributed by atoms with E-state index in [0.717, 1.165) is 17.3 Å². The zero-order chi connectivity index (χ0) is 13.1. The van der Waals surface area contributed by atoms with Crippen molar-refractivity contribution in [1.82, 2.24) is 10.4 Å². The molecule has 3 aromatic rings. The highest BCUT2D eigenvalue weighted by molar-refractivity contribution is 7.09. The second kappa shape index (κ2) is 5.48. The molecule has 0 spiro atoms. The molecule has 1 atom stereocenters. The number of fused-ring (bicyclic) bond motifs is 1. The van der Waals surface area contributed by atoms with E-state index in [-0.39, 0.29) is 6.04 Å². The minimum atomic E-state index is 0.116. The van der Waals surface area contributed by atoms with Gasteiger partial charge >= 0.3 is 0 Å². The van der Waals surface area contributed by atoms with Crippen molar-refractivity contribution < 1.29 is 0 Å². The van der Waals surface area contributed by atoms with Gasteiger partial charge in [0.1, 0.15) is 0 Å². The van der Waals surface area contributed by atoms with Crippen molar-refractivity contribution in [2.24, 2.45) is 5.84 Å². The number of benzene rings is 1. The average Bonchev–Trinajstić information content (AvgIpc) is 2.97. The van der Waals surface area contributed by atoms with Crippen molar-refractivity contribution in [2.45, 2.75) is 12.5 Å². The third-order valence-electron chi connectivity index (χ3n) is 3.22. The summed E-state index contributed by atoms with van der Waals surface area (Å²) in [6.07, 6.45) is 2.71. The van der Waals surface area contributed by atoms with Gasteiger partial charge in [-0.2, -0.15) is 0 Å². The van der Waals surface area contributed by atoms with Crippen LogP contribution >= 0.6 is 11.3 Å². The van der Waals surface area contributed by atoms with E-state index in [4.69, 9.17) is 5.84 Å². The number of hydrogen-bond donors (Lipinski definition) is 2. The topological polar surface area (TPSA) is 50.9 Å². The normalized spacial score (nSPS) is 12.7. The van der Waals surface area contributed by atoms with Crippen LogP contribution < -0.4 is 11.3 Å². The molecule has 2 aromatic heterocycles. The molecule has 0 aliphatic rings. The van der Waals surface area contributed by atoms with Crippen molar-refractivity contribution in [2.75, 3.05) is 0 Å². The molecule has 96 valence electrons. The second-order valence-electron chi connectivity index (χ2n) is 4.46. The number of nitrogens with two attached hydrogens (primary N) is 1. The Bertz CT molecular complexity index is 664. The first-order valence-corrected chi connectivity index (χ1v) is 7.08. The molecule has 3 nitrogen and oxygen atoms in total. The summed E-state index contributed by atoms with van der Waals surface area (Å²) < 4.78 is 0. The quantitative estimate of drug-likeness (QED) is 0.565. The van der Waals surface area contributed by atoms with Gasteiger partial charge in [0.15, 0.2) is 0 Å². The lowest BCUT2D eigenvalue weighted by Gasteiger charge is -2.16. The van der Waals surface area contributed by atoms with Crippen molar-refractivity contribution in [3.8, 4) is 0 Å². The Morgan fingerprint density at radius 1 is 1.21 bits per heavy atom. The maximum atomic E-state index is 5.70. The van der Waals surface area contributed by atoms with Gasteiger partial charge in [0.05, 0.1) is 11.6 Å². The zero-order valence-corrected chi connectivity index (χ0v) is 11.2. The molecule has 0 saturated carbocycles. The van der Waals surface area contributed by atoms with Crippen molar-refractivity contribution in [1.29, 1.82) is 0 Å². The highest BCUT2D eigenvalue weighted by Crippen LogP contribution is 2.23. The molecular weight excluding hydrogens is 254 g/mol. The van der Waals surface area contributed by atoms with Crippen LogP contribution in [0, 0.1) is 0 Å². The highest BCUT2D eigenvalue weighted by atomic mass is 32.1. The summed E-state index contributed by atoms with van der Waals surface area (Å²) in [5, 5.41) is 3.24. The van der Waals surface area contributed by atoms with E-state index in [0.29, 0.717) is 0 Å². The fraction of sp³-hybridized carbons (Fsp3) is 0.133. The number of nitrogens with one attached hydrogen (secondary N) is 1. The molecule has 3 rings (SSSR count). The second-order valence-corrected chi connectivity index (χ2v) is 5.49. The summed E-state index contributed by atoms with van der Waals surface area (Å²) in [4.78, 5) is 5.71. The molecule has 1 unspecified atom stereocenters. The van der Waals surface area contributed by atoms with E-state index >= 15 is 0 Å². The highest BCUT2D eigenvalue weighted by Gasteiger charge is 2.11. The zero-order valence-electron chi connectivity index (χ0n) is 10.4. The molecule has 0 bridgehead atoms. The number of thiophene rings is 1. The molecule has 0 aliphatic heterocycles. The summed E-state index contributed by atoms with van der Waals surface area (Å²) in [5.74, 6) is 5.70. The fourth-order valence-corrected chi connectivity index (χ4v) is 2.96. The predicted molar refractivity (Wildman–Crippen MR) is 79.8 cm³/mol. The van der Waals surface area contributed by atoms with Crippen molar-refractivity contribution >= 4 is 22.2 Å². The van der Waals surface area contributed by atoms with Crippen LogP contribution in [0.15, 0.2) is 54.0 Å². The standard InChI is InChI=1S/C15H15N3S/c16-18-15(10-13-4-2-8-19-13)12-6-5-11-3-1-7-17-14(11)9-12/h1-9,15,18H,10,16H2. The molecule has 1 aromatic carbocycles. The van der Waals surface area contributed by atoms with E-state index in [1.54, 1.807) is 11.3 Å². The number of rotatable bonds is 4. The van der Waals surface area contributed by atoms with Crippen LogP contribution in [0.25, 0.3) is 10.9 Å². The Kier molecular flexibility index (Phi) is 3.55. The molecule has 19 heavy (non-hydrogen) atoms. The molecular formula is C15H15N3S. The number of nitrogens with zero attached hydrogens (tertiary/aromatic N) is 1. The van der Waals surface area contributed by atoms with Gasteiger partial charge in [-0.25, -0.2) is 0 Å². The van der Waals surface area contributed by atoms with Crippen LogP contribution in [0.4, 0.5) is 0 Å². The fourth-order valence-electron chi connectivity index (χ4n) is 2.20. The van der Waals surface area contributed by atoms with Gasteiger partial charge in [-0.15, -0.1) is 11.3 Å². The number of aromatic nitrogens is 1.